The van der Waals surface area contributed by atoms with Crippen LogP contribution in [0.2, 0.25) is 5.02 Å². The molecule has 116 valence electrons. The van der Waals surface area contributed by atoms with Crippen molar-refractivity contribution in [2.45, 2.75) is 12.7 Å². The van der Waals surface area contributed by atoms with E-state index in [2.05, 4.69) is 5.32 Å². The van der Waals surface area contributed by atoms with Gasteiger partial charge in [-0.2, -0.15) is 0 Å². The Hall–Kier alpha value is -1.85. The molecule has 0 aliphatic rings. The number of carbonyl (C=O) groups excluding carboxylic acids is 1. The highest BCUT2D eigenvalue weighted by molar-refractivity contribution is 7.91. The Kier molecular flexibility index (Phi) is 5.21. The molecule has 0 bridgehead atoms. The number of amides is 1. The molecule has 0 fully saturated rings. The number of anilines is 1. The molecule has 4 nitrogen and oxygen atoms in total. The van der Waals surface area contributed by atoms with E-state index >= 15 is 0 Å². The van der Waals surface area contributed by atoms with Crippen LogP contribution in [0.15, 0.2) is 48.5 Å². The van der Waals surface area contributed by atoms with E-state index in [4.69, 9.17) is 11.6 Å². The van der Waals surface area contributed by atoms with Crippen molar-refractivity contribution in [2.75, 3.05) is 11.1 Å². The maximum atomic E-state index is 12.1. The zero-order chi connectivity index (χ0) is 16.2. The Labute approximate surface area is 135 Å². The fourth-order valence-electron chi connectivity index (χ4n) is 1.99. The third kappa shape index (κ3) is 4.86. The molecule has 0 aliphatic heterocycles. The molecule has 0 heterocycles. The highest BCUT2D eigenvalue weighted by atomic mass is 35.5. The Balaban J connectivity index is 2.01. The van der Waals surface area contributed by atoms with E-state index in [1.54, 1.807) is 36.4 Å². The van der Waals surface area contributed by atoms with Crippen LogP contribution >= 0.6 is 11.6 Å². The van der Waals surface area contributed by atoms with Crippen LogP contribution in [-0.2, 0) is 20.4 Å². The summed E-state index contributed by atoms with van der Waals surface area (Å²) < 4.78 is 24.2. The first-order valence-corrected chi connectivity index (χ1v) is 8.86. The first kappa shape index (κ1) is 16.5. The van der Waals surface area contributed by atoms with Gasteiger partial charge in [0, 0.05) is 10.7 Å². The van der Waals surface area contributed by atoms with Gasteiger partial charge in [0.05, 0.1) is 5.75 Å². The summed E-state index contributed by atoms with van der Waals surface area (Å²) in [6.45, 7) is 1.85. The van der Waals surface area contributed by atoms with Gasteiger partial charge in [0.15, 0.2) is 9.84 Å². The zero-order valence-electron chi connectivity index (χ0n) is 12.0. The number of benzene rings is 2. The summed E-state index contributed by atoms with van der Waals surface area (Å²) in [5.41, 5.74) is 2.12. The molecule has 1 amide bonds. The second-order valence-corrected chi connectivity index (χ2v) is 7.51. The van der Waals surface area contributed by atoms with E-state index in [1.807, 2.05) is 19.1 Å². The Bertz CT molecular complexity index is 770. The Morgan fingerprint density at radius 1 is 1.09 bits per heavy atom. The van der Waals surface area contributed by atoms with Crippen molar-refractivity contribution in [1.29, 1.82) is 0 Å². The smallest absolute Gasteiger partial charge is 0.239 e. The number of rotatable bonds is 5. The summed E-state index contributed by atoms with van der Waals surface area (Å²) in [4.78, 5) is 11.9. The minimum atomic E-state index is -3.52. The van der Waals surface area contributed by atoms with Crippen LogP contribution in [0.4, 0.5) is 5.69 Å². The van der Waals surface area contributed by atoms with Gasteiger partial charge in [-0.3, -0.25) is 4.79 Å². The molecule has 6 heteroatoms. The van der Waals surface area contributed by atoms with Crippen LogP contribution < -0.4 is 5.32 Å². The van der Waals surface area contributed by atoms with E-state index in [-0.39, 0.29) is 5.75 Å². The number of hydrogen-bond donors (Lipinski definition) is 1. The van der Waals surface area contributed by atoms with Gasteiger partial charge in [-0.25, -0.2) is 8.42 Å². The molecule has 2 aromatic carbocycles. The number of halogens is 1. The molecular weight excluding hydrogens is 322 g/mol. The second kappa shape index (κ2) is 6.94. The number of hydrogen-bond acceptors (Lipinski definition) is 3. The summed E-state index contributed by atoms with van der Waals surface area (Å²) in [5.74, 6) is -1.26. The lowest BCUT2D eigenvalue weighted by atomic mass is 10.1. The van der Waals surface area contributed by atoms with Crippen molar-refractivity contribution in [3.8, 4) is 0 Å². The van der Waals surface area contributed by atoms with Gasteiger partial charge >= 0.3 is 0 Å². The second-order valence-electron chi connectivity index (χ2n) is 5.01. The highest BCUT2D eigenvalue weighted by Crippen LogP contribution is 2.15. The molecule has 0 unspecified atom stereocenters. The van der Waals surface area contributed by atoms with Gasteiger partial charge in [-0.15, -0.1) is 0 Å². The lowest BCUT2D eigenvalue weighted by Crippen LogP contribution is -2.24. The fraction of sp³-hybridized carbons (Fsp3) is 0.188. The highest BCUT2D eigenvalue weighted by Gasteiger charge is 2.18. The van der Waals surface area contributed by atoms with Gasteiger partial charge in [-0.1, -0.05) is 35.9 Å². The normalized spacial score (nSPS) is 11.2. The van der Waals surface area contributed by atoms with Crippen LogP contribution in [-0.4, -0.2) is 20.1 Å². The number of carbonyl (C=O) groups is 1. The minimum absolute atomic E-state index is 0.145. The number of sulfone groups is 1. The summed E-state index contributed by atoms with van der Waals surface area (Å²) in [6, 6.07) is 13.7. The predicted molar refractivity (Wildman–Crippen MR) is 88.8 cm³/mol. The van der Waals surface area contributed by atoms with Crippen LogP contribution in [0.1, 0.15) is 11.1 Å². The maximum Gasteiger partial charge on any atom is 0.239 e. The van der Waals surface area contributed by atoms with E-state index in [0.29, 0.717) is 16.3 Å². The topological polar surface area (TPSA) is 63.2 Å². The monoisotopic (exact) mass is 337 g/mol. The van der Waals surface area contributed by atoms with Crippen molar-refractivity contribution in [3.63, 3.8) is 0 Å². The molecule has 0 saturated heterocycles. The zero-order valence-corrected chi connectivity index (χ0v) is 13.6. The standard InChI is InChI=1S/C16H16ClNO3S/c1-12-4-2-3-5-13(12)10-22(20,21)11-16(19)18-15-8-6-14(17)7-9-15/h2-9H,10-11H2,1H3,(H,18,19). The van der Waals surface area contributed by atoms with Crippen LogP contribution in [0.3, 0.4) is 0 Å². The SMILES string of the molecule is Cc1ccccc1CS(=O)(=O)CC(=O)Nc1ccc(Cl)cc1. The summed E-state index contributed by atoms with van der Waals surface area (Å²) in [6.07, 6.45) is 0. The molecule has 0 saturated carbocycles. The van der Waals surface area contributed by atoms with Gasteiger partial charge in [0.25, 0.3) is 0 Å². The number of aryl methyl sites for hydroxylation is 1. The first-order chi connectivity index (χ1) is 10.4. The summed E-state index contributed by atoms with van der Waals surface area (Å²) in [5, 5.41) is 3.10. The lowest BCUT2D eigenvalue weighted by Gasteiger charge is -2.08. The molecular formula is C16H16ClNO3S. The Morgan fingerprint density at radius 3 is 2.36 bits per heavy atom. The van der Waals surface area contributed by atoms with Crippen molar-refractivity contribution in [3.05, 3.63) is 64.7 Å². The quantitative estimate of drug-likeness (QED) is 0.911. The molecule has 0 aromatic heterocycles. The van der Waals surface area contributed by atoms with Crippen LogP contribution in [0.5, 0.6) is 0 Å². The van der Waals surface area contributed by atoms with Crippen molar-refractivity contribution in [1.82, 2.24) is 0 Å². The molecule has 2 aromatic rings. The van der Waals surface area contributed by atoms with Gasteiger partial charge in [0.2, 0.25) is 5.91 Å². The third-order valence-corrected chi connectivity index (χ3v) is 4.82. The van der Waals surface area contributed by atoms with Gasteiger partial charge in [-0.05, 0) is 42.3 Å². The summed E-state index contributed by atoms with van der Waals surface area (Å²) in [7, 11) is -3.52. The van der Waals surface area contributed by atoms with E-state index < -0.39 is 21.5 Å². The third-order valence-electron chi connectivity index (χ3n) is 3.12. The Morgan fingerprint density at radius 2 is 1.73 bits per heavy atom. The lowest BCUT2D eigenvalue weighted by molar-refractivity contribution is -0.113. The largest absolute Gasteiger partial charge is 0.325 e. The summed E-state index contributed by atoms with van der Waals surface area (Å²) >= 11 is 5.75. The molecule has 1 N–H and O–H groups in total. The maximum absolute atomic E-state index is 12.1. The molecule has 0 aliphatic carbocycles. The van der Waals surface area contributed by atoms with Crippen molar-refractivity contribution < 1.29 is 13.2 Å². The average molecular weight is 338 g/mol. The molecule has 22 heavy (non-hydrogen) atoms. The van der Waals surface area contributed by atoms with Gasteiger partial charge in [0.1, 0.15) is 5.75 Å². The van der Waals surface area contributed by atoms with E-state index in [1.165, 1.54) is 0 Å². The molecule has 0 spiro atoms. The molecule has 0 radical (unpaired) electrons. The molecule has 2 rings (SSSR count). The van der Waals surface area contributed by atoms with Gasteiger partial charge < -0.3 is 5.32 Å². The predicted octanol–water partition coefficient (Wildman–Crippen LogP) is 3.20. The average Bonchev–Trinajstić information content (AvgIpc) is 2.43. The number of nitrogens with one attached hydrogen (secondary N) is 1. The van der Waals surface area contributed by atoms with Crippen LogP contribution in [0.25, 0.3) is 0 Å². The van der Waals surface area contributed by atoms with E-state index in [0.717, 1.165) is 5.56 Å². The van der Waals surface area contributed by atoms with Crippen molar-refractivity contribution in [2.24, 2.45) is 0 Å². The van der Waals surface area contributed by atoms with Crippen LogP contribution in [0, 0.1) is 6.92 Å². The van der Waals surface area contributed by atoms with Crippen molar-refractivity contribution >= 4 is 33.0 Å². The minimum Gasteiger partial charge on any atom is -0.325 e. The first-order valence-electron chi connectivity index (χ1n) is 6.66. The molecule has 0 atom stereocenters. The van der Waals surface area contributed by atoms with E-state index in [9.17, 15) is 13.2 Å². The fourth-order valence-corrected chi connectivity index (χ4v) is 3.49.